The number of hydrogen-bond acceptors (Lipinski definition) is 2. The highest BCUT2D eigenvalue weighted by atomic mass is 16.2. The second kappa shape index (κ2) is 9.13. The van der Waals surface area contributed by atoms with Gasteiger partial charge < -0.3 is 14.8 Å². The van der Waals surface area contributed by atoms with Gasteiger partial charge in [0.15, 0.2) is 0 Å². The van der Waals surface area contributed by atoms with Gasteiger partial charge in [0.05, 0.1) is 29.7 Å². The number of anilines is 1. The monoisotopic (exact) mass is 487 g/mol. The molecule has 3 heterocycles. The van der Waals surface area contributed by atoms with Gasteiger partial charge in [-0.15, -0.1) is 0 Å². The number of amides is 2. The van der Waals surface area contributed by atoms with E-state index >= 15 is 0 Å². The lowest BCUT2D eigenvalue weighted by molar-refractivity contribution is 0.194. The lowest BCUT2D eigenvalue weighted by Crippen LogP contribution is -2.38. The van der Waals surface area contributed by atoms with Gasteiger partial charge in [-0.1, -0.05) is 60.2 Å². The standard InChI is InChI=1S/C31H29N5O/c1-21-14-16-24(17-15-21)29-28-13-8-18-34(28)30-27(23(3)33-36(30)26-11-5-4-6-12-26)20-35(29)31(37)32-25-10-7-9-22(2)19-25/h4-19,29H,20H2,1-3H3,(H,32,37)/t29-/m0/s1. The van der Waals surface area contributed by atoms with Crippen molar-refractivity contribution in [3.8, 4) is 11.5 Å². The van der Waals surface area contributed by atoms with Crippen LogP contribution < -0.4 is 5.32 Å². The van der Waals surface area contributed by atoms with Gasteiger partial charge >= 0.3 is 6.03 Å². The highest BCUT2D eigenvalue weighted by molar-refractivity contribution is 5.90. The van der Waals surface area contributed by atoms with Crippen LogP contribution in [-0.2, 0) is 6.54 Å². The van der Waals surface area contributed by atoms with Gasteiger partial charge in [-0.25, -0.2) is 9.48 Å². The van der Waals surface area contributed by atoms with Crippen LogP contribution in [0.15, 0.2) is 97.2 Å². The molecule has 1 aliphatic heterocycles. The molecule has 1 aliphatic rings. The zero-order chi connectivity index (χ0) is 25.5. The number of nitrogens with one attached hydrogen (secondary N) is 1. The number of urea groups is 1. The number of fused-ring (bicyclic) bond motifs is 3. The minimum atomic E-state index is -0.281. The minimum absolute atomic E-state index is 0.149. The van der Waals surface area contributed by atoms with E-state index in [0.717, 1.165) is 45.3 Å². The van der Waals surface area contributed by atoms with Crippen molar-refractivity contribution in [3.63, 3.8) is 0 Å². The molecule has 0 spiro atoms. The van der Waals surface area contributed by atoms with Gasteiger partial charge in [-0.2, -0.15) is 5.10 Å². The fourth-order valence-corrected chi connectivity index (χ4v) is 5.17. The predicted octanol–water partition coefficient (Wildman–Crippen LogP) is 6.73. The number of para-hydroxylation sites is 1. The second-order valence-electron chi connectivity index (χ2n) is 9.68. The fourth-order valence-electron chi connectivity index (χ4n) is 5.17. The van der Waals surface area contributed by atoms with Crippen LogP contribution in [0.5, 0.6) is 0 Å². The summed E-state index contributed by atoms with van der Waals surface area (Å²) >= 11 is 0. The summed E-state index contributed by atoms with van der Waals surface area (Å²) in [6.45, 7) is 6.54. The van der Waals surface area contributed by atoms with E-state index in [0.29, 0.717) is 6.54 Å². The third-order valence-corrected chi connectivity index (χ3v) is 7.01. The molecule has 6 heteroatoms. The van der Waals surface area contributed by atoms with Crippen molar-refractivity contribution < 1.29 is 4.79 Å². The number of aryl methyl sites for hydroxylation is 3. The van der Waals surface area contributed by atoms with Gasteiger partial charge in [0, 0.05) is 17.4 Å². The predicted molar refractivity (Wildman–Crippen MR) is 146 cm³/mol. The maximum absolute atomic E-state index is 14.0. The molecule has 2 amide bonds. The van der Waals surface area contributed by atoms with E-state index in [1.165, 1.54) is 5.56 Å². The zero-order valence-electron chi connectivity index (χ0n) is 21.2. The molecule has 2 aromatic heterocycles. The smallest absolute Gasteiger partial charge is 0.308 e. The van der Waals surface area contributed by atoms with E-state index in [4.69, 9.17) is 5.10 Å². The Morgan fingerprint density at radius 3 is 2.41 bits per heavy atom. The Labute approximate surface area is 216 Å². The molecule has 6 nitrogen and oxygen atoms in total. The summed E-state index contributed by atoms with van der Waals surface area (Å²) in [6.07, 6.45) is 2.07. The van der Waals surface area contributed by atoms with Crippen LogP contribution in [0, 0.1) is 20.8 Å². The molecule has 0 radical (unpaired) electrons. The van der Waals surface area contributed by atoms with Crippen LogP contribution in [0.3, 0.4) is 0 Å². The molecule has 3 aromatic carbocycles. The number of carbonyl (C=O) groups is 1. The molecule has 0 fully saturated rings. The summed E-state index contributed by atoms with van der Waals surface area (Å²) in [6, 6.07) is 30.2. The Kier molecular flexibility index (Phi) is 5.64. The molecular formula is C31H29N5O. The third-order valence-electron chi connectivity index (χ3n) is 7.01. The molecular weight excluding hydrogens is 458 g/mol. The first-order valence-corrected chi connectivity index (χ1v) is 12.5. The molecule has 1 atom stereocenters. The van der Waals surface area contributed by atoms with Gasteiger partial charge in [-0.05, 0) is 68.3 Å². The maximum Gasteiger partial charge on any atom is 0.322 e. The van der Waals surface area contributed by atoms with Gasteiger partial charge in [0.25, 0.3) is 0 Å². The molecule has 0 bridgehead atoms. The van der Waals surface area contributed by atoms with E-state index < -0.39 is 0 Å². The highest BCUT2D eigenvalue weighted by Crippen LogP contribution is 2.38. The first-order valence-electron chi connectivity index (χ1n) is 12.5. The molecule has 5 aromatic rings. The van der Waals surface area contributed by atoms with Crippen molar-refractivity contribution in [1.29, 1.82) is 0 Å². The van der Waals surface area contributed by atoms with Crippen molar-refractivity contribution in [1.82, 2.24) is 19.2 Å². The molecule has 0 unspecified atom stereocenters. The molecule has 184 valence electrons. The van der Waals surface area contributed by atoms with Crippen molar-refractivity contribution >= 4 is 11.7 Å². The Balaban J connectivity index is 1.53. The van der Waals surface area contributed by atoms with Crippen LogP contribution in [0.1, 0.15) is 39.7 Å². The van der Waals surface area contributed by atoms with E-state index in [-0.39, 0.29) is 12.1 Å². The summed E-state index contributed by atoms with van der Waals surface area (Å²) in [7, 11) is 0. The Morgan fingerprint density at radius 2 is 1.65 bits per heavy atom. The average Bonchev–Trinajstić information content (AvgIpc) is 3.46. The summed E-state index contributed by atoms with van der Waals surface area (Å²) in [5.74, 6) is 0.965. The average molecular weight is 488 g/mol. The summed E-state index contributed by atoms with van der Waals surface area (Å²) in [5, 5.41) is 8.07. The molecule has 0 saturated carbocycles. The lowest BCUT2D eigenvalue weighted by Gasteiger charge is -2.31. The Bertz CT molecular complexity index is 1580. The second-order valence-corrected chi connectivity index (χ2v) is 9.68. The number of rotatable bonds is 3. The van der Waals surface area contributed by atoms with Crippen LogP contribution in [0.2, 0.25) is 0 Å². The number of benzene rings is 3. The van der Waals surface area contributed by atoms with E-state index in [1.807, 2.05) is 72.0 Å². The van der Waals surface area contributed by atoms with Crippen LogP contribution in [0.4, 0.5) is 10.5 Å². The fraction of sp³-hybridized carbons (Fsp3) is 0.161. The van der Waals surface area contributed by atoms with Crippen LogP contribution in [-0.4, -0.2) is 25.3 Å². The molecule has 37 heavy (non-hydrogen) atoms. The van der Waals surface area contributed by atoms with Gasteiger partial charge in [0.2, 0.25) is 0 Å². The van der Waals surface area contributed by atoms with E-state index in [2.05, 4.69) is 65.5 Å². The number of nitrogens with zero attached hydrogens (tertiary/aromatic N) is 4. The first kappa shape index (κ1) is 22.9. The Morgan fingerprint density at radius 1 is 0.865 bits per heavy atom. The maximum atomic E-state index is 14.0. The normalized spacial score (nSPS) is 14.6. The molecule has 6 rings (SSSR count). The van der Waals surface area contributed by atoms with Crippen molar-refractivity contribution in [2.45, 2.75) is 33.4 Å². The quantitative estimate of drug-likeness (QED) is 0.307. The zero-order valence-corrected chi connectivity index (χ0v) is 21.2. The topological polar surface area (TPSA) is 55.1 Å². The number of carbonyl (C=O) groups excluding carboxylic acids is 1. The molecule has 0 aliphatic carbocycles. The summed E-state index contributed by atoms with van der Waals surface area (Å²) < 4.78 is 4.18. The third kappa shape index (κ3) is 4.10. The van der Waals surface area contributed by atoms with Gasteiger partial charge in [0.1, 0.15) is 5.82 Å². The van der Waals surface area contributed by atoms with E-state index in [1.54, 1.807) is 0 Å². The van der Waals surface area contributed by atoms with Gasteiger partial charge in [-0.3, -0.25) is 0 Å². The minimum Gasteiger partial charge on any atom is -0.308 e. The van der Waals surface area contributed by atoms with Crippen LogP contribution in [0.25, 0.3) is 11.5 Å². The Hall–Kier alpha value is -4.58. The largest absolute Gasteiger partial charge is 0.322 e. The highest BCUT2D eigenvalue weighted by Gasteiger charge is 2.36. The summed E-state index contributed by atoms with van der Waals surface area (Å²) in [5.41, 5.74) is 8.04. The number of aromatic nitrogens is 3. The number of hydrogen-bond donors (Lipinski definition) is 1. The van der Waals surface area contributed by atoms with Crippen LogP contribution >= 0.6 is 0 Å². The lowest BCUT2D eigenvalue weighted by atomic mass is 10.0. The molecule has 1 N–H and O–H groups in total. The van der Waals surface area contributed by atoms with Crippen molar-refractivity contribution in [2.75, 3.05) is 5.32 Å². The SMILES string of the molecule is Cc1ccc([C@H]2c3cccn3-c3c(c(C)nn3-c3ccccc3)CN2C(=O)Nc2cccc(C)c2)cc1. The van der Waals surface area contributed by atoms with Crippen molar-refractivity contribution in [3.05, 3.63) is 131 Å². The molecule has 0 saturated heterocycles. The first-order chi connectivity index (χ1) is 18.0. The van der Waals surface area contributed by atoms with E-state index in [9.17, 15) is 4.79 Å². The summed E-state index contributed by atoms with van der Waals surface area (Å²) in [4.78, 5) is 15.9. The van der Waals surface area contributed by atoms with Crippen molar-refractivity contribution in [2.24, 2.45) is 0 Å².